The predicted octanol–water partition coefficient (Wildman–Crippen LogP) is 1.94. The van der Waals surface area contributed by atoms with Gasteiger partial charge in [-0.15, -0.1) is 24.0 Å². The van der Waals surface area contributed by atoms with Crippen LogP contribution in [0.15, 0.2) is 17.1 Å². The summed E-state index contributed by atoms with van der Waals surface area (Å²) in [7, 11) is 3.31. The van der Waals surface area contributed by atoms with Crippen LogP contribution in [0.5, 0.6) is 17.2 Å². The molecule has 2 aliphatic rings. The Balaban J connectivity index is 0.00000341. The highest BCUT2D eigenvalue weighted by Gasteiger charge is 2.20. The fourth-order valence-electron chi connectivity index (χ4n) is 2.97. The predicted molar refractivity (Wildman–Crippen MR) is 119 cm³/mol. The maximum Gasteiger partial charge on any atom is 0.387 e. The molecule has 1 aromatic carbocycles. The normalized spacial score (nSPS) is 17.3. The van der Waals surface area contributed by atoms with Gasteiger partial charge in [0.1, 0.15) is 5.75 Å². The summed E-state index contributed by atoms with van der Waals surface area (Å²) in [4.78, 5) is 17.8. The molecule has 174 valence electrons. The number of carbonyl (C=O) groups excluding carboxylic acids is 1. The van der Waals surface area contributed by atoms with Crippen LogP contribution in [0.4, 0.5) is 8.78 Å². The van der Waals surface area contributed by atoms with Crippen molar-refractivity contribution in [2.45, 2.75) is 32.1 Å². The van der Waals surface area contributed by atoms with E-state index in [9.17, 15) is 13.6 Å². The van der Waals surface area contributed by atoms with E-state index in [0.29, 0.717) is 29.6 Å². The Morgan fingerprint density at radius 1 is 1.29 bits per heavy atom. The first-order chi connectivity index (χ1) is 14.4. The Morgan fingerprint density at radius 2 is 2.03 bits per heavy atom. The van der Waals surface area contributed by atoms with Crippen LogP contribution in [0, 0.1) is 0 Å². The molecule has 31 heavy (non-hydrogen) atoms. The molecule has 1 atom stereocenters. The van der Waals surface area contributed by atoms with Crippen LogP contribution in [0.2, 0.25) is 0 Å². The zero-order valence-electron chi connectivity index (χ0n) is 17.4. The third kappa shape index (κ3) is 7.52. The van der Waals surface area contributed by atoms with Crippen molar-refractivity contribution in [3.8, 4) is 17.2 Å². The quantitative estimate of drug-likeness (QED) is 0.287. The average molecular weight is 556 g/mol. The molecule has 0 saturated carbocycles. The van der Waals surface area contributed by atoms with E-state index in [1.165, 1.54) is 11.0 Å². The molecule has 1 amide bonds. The number of likely N-dealkylation sites (N-methyl/N-ethyl adjacent to an activating group) is 1. The highest BCUT2D eigenvalue weighted by molar-refractivity contribution is 14.0. The van der Waals surface area contributed by atoms with E-state index >= 15 is 0 Å². The molecule has 1 unspecified atom stereocenters. The molecule has 1 fully saturated rings. The molecule has 12 heteroatoms. The van der Waals surface area contributed by atoms with Crippen molar-refractivity contribution in [1.29, 1.82) is 0 Å². The van der Waals surface area contributed by atoms with E-state index in [0.717, 1.165) is 19.4 Å². The largest absolute Gasteiger partial charge is 0.454 e. The number of alkyl halides is 2. The summed E-state index contributed by atoms with van der Waals surface area (Å²) >= 11 is 0. The van der Waals surface area contributed by atoms with Crippen molar-refractivity contribution in [3.05, 3.63) is 17.7 Å². The first-order valence-corrected chi connectivity index (χ1v) is 9.63. The minimum atomic E-state index is -2.99. The van der Waals surface area contributed by atoms with Crippen molar-refractivity contribution >= 4 is 35.8 Å². The summed E-state index contributed by atoms with van der Waals surface area (Å²) in [6, 6.07) is 2.92. The van der Waals surface area contributed by atoms with Crippen LogP contribution >= 0.6 is 24.0 Å². The molecular weight excluding hydrogens is 529 g/mol. The second-order valence-corrected chi connectivity index (χ2v) is 7.01. The topological polar surface area (TPSA) is 93.7 Å². The molecule has 1 aromatic rings. The smallest absolute Gasteiger partial charge is 0.387 e. The lowest BCUT2D eigenvalue weighted by Crippen LogP contribution is -2.45. The highest BCUT2D eigenvalue weighted by atomic mass is 127. The van der Waals surface area contributed by atoms with Crippen molar-refractivity contribution in [1.82, 2.24) is 15.5 Å². The van der Waals surface area contributed by atoms with Gasteiger partial charge in [-0.05, 0) is 18.9 Å². The number of ether oxygens (including phenoxy) is 4. The fraction of sp³-hybridized carbons (Fsp3) is 0.579. The van der Waals surface area contributed by atoms with Crippen LogP contribution < -0.4 is 24.8 Å². The van der Waals surface area contributed by atoms with Gasteiger partial charge in [0.2, 0.25) is 12.7 Å². The standard InChI is InChI=1S/C19H26F2N4O5.HI/c1-25(2)17(26)10-24-19(23-9-13-4-3-5-27-13)22-8-12-6-15-16(29-11-28-15)7-14(12)30-18(20)21;/h6-7,13,18H,3-5,8-11H2,1-2H3,(H2,22,23,24);1H. The van der Waals surface area contributed by atoms with E-state index in [4.69, 9.17) is 14.2 Å². The third-order valence-electron chi connectivity index (χ3n) is 4.61. The number of halogens is 3. The van der Waals surface area contributed by atoms with Gasteiger partial charge < -0.3 is 34.5 Å². The SMILES string of the molecule is CN(C)C(=O)CNC(=NCc1cc2c(cc1OC(F)F)OCO2)NCC1CCCO1.I. The maximum absolute atomic E-state index is 12.8. The summed E-state index contributed by atoms with van der Waals surface area (Å²) in [6.07, 6.45) is 1.99. The minimum absolute atomic E-state index is 0. The first-order valence-electron chi connectivity index (χ1n) is 9.63. The second-order valence-electron chi connectivity index (χ2n) is 7.01. The lowest BCUT2D eigenvalue weighted by molar-refractivity contribution is -0.127. The number of rotatable bonds is 8. The number of amides is 1. The molecule has 2 heterocycles. The molecule has 3 rings (SSSR count). The number of nitrogens with one attached hydrogen (secondary N) is 2. The van der Waals surface area contributed by atoms with E-state index < -0.39 is 6.61 Å². The van der Waals surface area contributed by atoms with Crippen molar-refractivity contribution in [3.63, 3.8) is 0 Å². The van der Waals surface area contributed by atoms with Gasteiger partial charge in [-0.1, -0.05) is 0 Å². The van der Waals surface area contributed by atoms with Crippen LogP contribution in [0.25, 0.3) is 0 Å². The molecule has 0 radical (unpaired) electrons. The summed E-state index contributed by atoms with van der Waals surface area (Å²) in [5.41, 5.74) is 0.400. The first kappa shape index (κ1) is 25.2. The Labute approximate surface area is 196 Å². The van der Waals surface area contributed by atoms with E-state index in [2.05, 4.69) is 20.4 Å². The van der Waals surface area contributed by atoms with E-state index in [1.807, 2.05) is 0 Å². The van der Waals surface area contributed by atoms with E-state index in [1.54, 1.807) is 20.2 Å². The van der Waals surface area contributed by atoms with Gasteiger partial charge in [-0.2, -0.15) is 8.78 Å². The zero-order valence-corrected chi connectivity index (χ0v) is 19.7. The highest BCUT2D eigenvalue weighted by Crippen LogP contribution is 2.39. The number of hydrogen-bond acceptors (Lipinski definition) is 6. The Kier molecular flexibility index (Phi) is 9.81. The van der Waals surface area contributed by atoms with Crippen LogP contribution in [-0.4, -0.2) is 70.1 Å². The van der Waals surface area contributed by atoms with Crippen molar-refractivity contribution < 1.29 is 32.5 Å². The lowest BCUT2D eigenvalue weighted by atomic mass is 10.1. The summed E-state index contributed by atoms with van der Waals surface area (Å²) in [5.74, 6) is 0.963. The number of benzene rings is 1. The van der Waals surface area contributed by atoms with E-state index in [-0.39, 0.29) is 61.6 Å². The van der Waals surface area contributed by atoms with Gasteiger partial charge in [0.05, 0.1) is 19.2 Å². The molecule has 0 aromatic heterocycles. The van der Waals surface area contributed by atoms with Crippen LogP contribution in [-0.2, 0) is 16.1 Å². The van der Waals surface area contributed by atoms with Crippen LogP contribution in [0.1, 0.15) is 18.4 Å². The van der Waals surface area contributed by atoms with Gasteiger partial charge in [-0.25, -0.2) is 4.99 Å². The van der Waals surface area contributed by atoms with Gasteiger partial charge in [-0.3, -0.25) is 4.79 Å². The van der Waals surface area contributed by atoms with Crippen molar-refractivity contribution in [2.75, 3.05) is 40.6 Å². The molecule has 0 aliphatic carbocycles. The van der Waals surface area contributed by atoms with Gasteiger partial charge >= 0.3 is 6.61 Å². The lowest BCUT2D eigenvalue weighted by Gasteiger charge is -2.17. The van der Waals surface area contributed by atoms with Gasteiger partial charge in [0, 0.05) is 38.9 Å². The second kappa shape index (κ2) is 12.1. The molecular formula is C19H27F2IN4O5. The zero-order chi connectivity index (χ0) is 21.5. The minimum Gasteiger partial charge on any atom is -0.454 e. The Bertz CT molecular complexity index is 776. The van der Waals surface area contributed by atoms with Crippen LogP contribution in [0.3, 0.4) is 0 Å². The Hall–Kier alpha value is -2.09. The third-order valence-corrected chi connectivity index (χ3v) is 4.61. The number of carbonyl (C=O) groups is 1. The number of hydrogen-bond donors (Lipinski definition) is 2. The molecule has 2 aliphatic heterocycles. The van der Waals surface area contributed by atoms with Crippen molar-refractivity contribution in [2.24, 2.45) is 4.99 Å². The summed E-state index contributed by atoms with van der Waals surface area (Å²) in [5, 5.41) is 6.09. The number of guanidine groups is 1. The maximum atomic E-state index is 12.8. The molecule has 2 N–H and O–H groups in total. The number of fused-ring (bicyclic) bond motifs is 1. The van der Waals surface area contributed by atoms with Gasteiger partial charge in [0.15, 0.2) is 17.5 Å². The van der Waals surface area contributed by atoms with Gasteiger partial charge in [0.25, 0.3) is 0 Å². The molecule has 1 saturated heterocycles. The molecule has 0 bridgehead atoms. The molecule has 9 nitrogen and oxygen atoms in total. The fourth-order valence-corrected chi connectivity index (χ4v) is 2.97. The Morgan fingerprint density at radius 3 is 2.68 bits per heavy atom. The average Bonchev–Trinajstić information content (AvgIpc) is 3.37. The number of aliphatic imine (C=N–C) groups is 1. The monoisotopic (exact) mass is 556 g/mol. The molecule has 0 spiro atoms. The summed E-state index contributed by atoms with van der Waals surface area (Å²) in [6.45, 7) is -1.68. The summed E-state index contributed by atoms with van der Waals surface area (Å²) < 4.78 is 46.4. The number of nitrogens with zero attached hydrogens (tertiary/aromatic N) is 2.